The minimum absolute atomic E-state index is 0.000584. The van der Waals surface area contributed by atoms with Crippen molar-refractivity contribution in [1.29, 1.82) is 10.5 Å². The van der Waals surface area contributed by atoms with Crippen LogP contribution in [0.2, 0.25) is 0 Å². The Hall–Kier alpha value is -2.01. The average molecular weight is 193 g/mol. The molecule has 3 nitrogen and oxygen atoms in total. The normalized spacial score (nSPS) is 9.50. The lowest BCUT2D eigenvalue weighted by Gasteiger charge is -2.01. The number of hydrogen-bond donors (Lipinski definition) is 0. The summed E-state index contributed by atoms with van der Waals surface area (Å²) in [4.78, 5) is 3.45. The summed E-state index contributed by atoms with van der Waals surface area (Å²) in [6, 6.07) is 5.96. The van der Waals surface area contributed by atoms with E-state index >= 15 is 0 Å². The number of hydrogen-bond acceptors (Lipinski definition) is 3. The van der Waals surface area contributed by atoms with E-state index in [0.29, 0.717) is 5.56 Å². The second-order valence-corrected chi connectivity index (χ2v) is 2.49. The number of alkyl halides is 2. The van der Waals surface area contributed by atoms with Gasteiger partial charge in [-0.3, -0.25) is 0 Å². The molecular weight excluding hydrogens is 188 g/mol. The van der Waals surface area contributed by atoms with Crippen LogP contribution in [0.25, 0.3) is 0 Å². The zero-order valence-corrected chi connectivity index (χ0v) is 7.04. The van der Waals surface area contributed by atoms with Crippen molar-refractivity contribution in [3.05, 3.63) is 29.1 Å². The van der Waals surface area contributed by atoms with E-state index in [1.807, 2.05) is 6.07 Å². The van der Waals surface area contributed by atoms with Crippen molar-refractivity contribution in [1.82, 2.24) is 4.98 Å². The Morgan fingerprint density at radius 1 is 1.36 bits per heavy atom. The van der Waals surface area contributed by atoms with E-state index in [1.54, 1.807) is 6.07 Å². The van der Waals surface area contributed by atoms with Crippen molar-refractivity contribution < 1.29 is 8.78 Å². The van der Waals surface area contributed by atoms with Crippen LogP contribution in [-0.2, 0) is 6.42 Å². The van der Waals surface area contributed by atoms with Gasteiger partial charge in [0.1, 0.15) is 17.5 Å². The summed E-state index contributed by atoms with van der Waals surface area (Å²) in [6.07, 6.45) is -2.70. The number of nitriles is 2. The molecule has 0 radical (unpaired) electrons. The monoisotopic (exact) mass is 193 g/mol. The Bertz CT molecular complexity index is 415. The Morgan fingerprint density at radius 2 is 2.07 bits per heavy atom. The molecule has 0 atom stereocenters. The first kappa shape index (κ1) is 10.1. The van der Waals surface area contributed by atoms with E-state index in [4.69, 9.17) is 10.5 Å². The summed E-state index contributed by atoms with van der Waals surface area (Å²) in [7, 11) is 0. The predicted molar refractivity (Wildman–Crippen MR) is 43.2 cm³/mol. The first-order valence-corrected chi connectivity index (χ1v) is 3.74. The van der Waals surface area contributed by atoms with Crippen LogP contribution >= 0.6 is 0 Å². The molecule has 0 saturated carbocycles. The first-order chi connectivity index (χ1) is 6.69. The van der Waals surface area contributed by atoms with Crippen molar-refractivity contribution in [3.8, 4) is 12.1 Å². The zero-order chi connectivity index (χ0) is 10.6. The summed E-state index contributed by atoms with van der Waals surface area (Å²) in [5, 5.41) is 17.0. The third-order valence-corrected chi connectivity index (χ3v) is 1.60. The van der Waals surface area contributed by atoms with Gasteiger partial charge in [0, 0.05) is 5.56 Å². The van der Waals surface area contributed by atoms with Crippen LogP contribution in [0.4, 0.5) is 8.78 Å². The van der Waals surface area contributed by atoms with E-state index in [2.05, 4.69) is 4.98 Å². The Kier molecular flexibility index (Phi) is 3.09. The molecule has 0 N–H and O–H groups in total. The fourth-order valence-corrected chi connectivity index (χ4v) is 0.949. The van der Waals surface area contributed by atoms with Crippen LogP contribution in [-0.4, -0.2) is 4.98 Å². The smallest absolute Gasteiger partial charge is 0.236 e. The third kappa shape index (κ3) is 2.02. The molecule has 1 aromatic rings. The molecule has 14 heavy (non-hydrogen) atoms. The molecule has 0 amide bonds. The predicted octanol–water partition coefficient (Wildman–Crippen LogP) is 1.96. The van der Waals surface area contributed by atoms with Gasteiger partial charge in [0.15, 0.2) is 0 Å². The first-order valence-electron chi connectivity index (χ1n) is 3.74. The number of aromatic nitrogens is 1. The summed E-state index contributed by atoms with van der Waals surface area (Å²) in [5.41, 5.74) is -0.174. The van der Waals surface area contributed by atoms with E-state index < -0.39 is 12.1 Å². The molecule has 5 heteroatoms. The van der Waals surface area contributed by atoms with Gasteiger partial charge in [0.05, 0.1) is 12.5 Å². The van der Waals surface area contributed by atoms with E-state index in [0.717, 1.165) is 6.07 Å². The molecule has 0 aliphatic heterocycles. The third-order valence-electron chi connectivity index (χ3n) is 1.60. The summed E-state index contributed by atoms with van der Waals surface area (Å²) in [6.45, 7) is 0. The van der Waals surface area contributed by atoms with Crippen LogP contribution in [0.1, 0.15) is 23.4 Å². The maximum atomic E-state index is 12.2. The zero-order valence-electron chi connectivity index (χ0n) is 7.04. The van der Waals surface area contributed by atoms with Gasteiger partial charge >= 0.3 is 0 Å². The lowest BCUT2D eigenvalue weighted by molar-refractivity contribution is 0.146. The molecule has 70 valence electrons. The van der Waals surface area contributed by atoms with Crippen molar-refractivity contribution in [2.24, 2.45) is 0 Å². The fourth-order valence-electron chi connectivity index (χ4n) is 0.949. The van der Waals surface area contributed by atoms with Gasteiger partial charge in [0.25, 0.3) is 6.43 Å². The Labute approximate surface area is 79.2 Å². The molecule has 1 heterocycles. The van der Waals surface area contributed by atoms with Crippen LogP contribution in [0.3, 0.4) is 0 Å². The molecule has 0 unspecified atom stereocenters. The molecule has 1 rings (SSSR count). The quantitative estimate of drug-likeness (QED) is 0.721. The molecule has 0 aromatic carbocycles. The molecule has 0 fully saturated rings. The minimum Gasteiger partial charge on any atom is -0.236 e. The standard InChI is InChI=1S/C9H5F2N3/c10-9(11)7-2-1-6(3-4-12)8(5-13)14-7/h1-2,9H,3H2. The van der Waals surface area contributed by atoms with Gasteiger partial charge in [-0.1, -0.05) is 6.07 Å². The van der Waals surface area contributed by atoms with Crippen LogP contribution in [0.15, 0.2) is 12.1 Å². The molecule has 0 aliphatic carbocycles. The van der Waals surface area contributed by atoms with Crippen LogP contribution < -0.4 is 0 Å². The van der Waals surface area contributed by atoms with E-state index in [1.165, 1.54) is 6.07 Å². The van der Waals surface area contributed by atoms with E-state index in [-0.39, 0.29) is 12.1 Å². The molecule has 0 bridgehead atoms. The highest BCUT2D eigenvalue weighted by Crippen LogP contribution is 2.18. The maximum Gasteiger partial charge on any atom is 0.280 e. The molecular formula is C9H5F2N3. The van der Waals surface area contributed by atoms with Gasteiger partial charge < -0.3 is 0 Å². The molecule has 0 spiro atoms. The highest BCUT2D eigenvalue weighted by atomic mass is 19.3. The fraction of sp³-hybridized carbons (Fsp3) is 0.222. The highest BCUT2D eigenvalue weighted by Gasteiger charge is 2.11. The van der Waals surface area contributed by atoms with Crippen molar-refractivity contribution in [3.63, 3.8) is 0 Å². The SMILES string of the molecule is N#CCc1ccc(C(F)F)nc1C#N. The number of pyridine rings is 1. The highest BCUT2D eigenvalue weighted by molar-refractivity contribution is 5.34. The van der Waals surface area contributed by atoms with E-state index in [9.17, 15) is 8.78 Å². The van der Waals surface area contributed by atoms with Crippen molar-refractivity contribution in [2.45, 2.75) is 12.8 Å². The van der Waals surface area contributed by atoms with Crippen LogP contribution in [0, 0.1) is 22.7 Å². The number of rotatable bonds is 2. The largest absolute Gasteiger partial charge is 0.280 e. The van der Waals surface area contributed by atoms with Crippen molar-refractivity contribution in [2.75, 3.05) is 0 Å². The second-order valence-electron chi connectivity index (χ2n) is 2.49. The number of nitrogens with zero attached hydrogens (tertiary/aromatic N) is 3. The lowest BCUT2D eigenvalue weighted by Crippen LogP contribution is -1.97. The van der Waals surface area contributed by atoms with Gasteiger partial charge in [-0.2, -0.15) is 10.5 Å². The minimum atomic E-state index is -2.70. The topological polar surface area (TPSA) is 60.5 Å². The summed E-state index contributed by atoms with van der Waals surface area (Å²) in [5.74, 6) is 0. The summed E-state index contributed by atoms with van der Waals surface area (Å²) >= 11 is 0. The average Bonchev–Trinajstić information content (AvgIpc) is 2.18. The Morgan fingerprint density at radius 3 is 2.57 bits per heavy atom. The number of halogens is 2. The summed E-state index contributed by atoms with van der Waals surface area (Å²) < 4.78 is 24.3. The molecule has 1 aromatic heterocycles. The molecule has 0 aliphatic rings. The second kappa shape index (κ2) is 4.29. The van der Waals surface area contributed by atoms with Gasteiger partial charge in [0.2, 0.25) is 0 Å². The lowest BCUT2D eigenvalue weighted by atomic mass is 10.1. The Balaban J connectivity index is 3.15. The van der Waals surface area contributed by atoms with Gasteiger partial charge in [-0.25, -0.2) is 13.8 Å². The maximum absolute atomic E-state index is 12.2. The van der Waals surface area contributed by atoms with Crippen LogP contribution in [0.5, 0.6) is 0 Å². The van der Waals surface area contributed by atoms with Crippen molar-refractivity contribution >= 4 is 0 Å². The van der Waals surface area contributed by atoms with Gasteiger partial charge in [-0.05, 0) is 6.07 Å². The molecule has 0 saturated heterocycles. The van der Waals surface area contributed by atoms with Gasteiger partial charge in [-0.15, -0.1) is 0 Å².